The van der Waals surface area contributed by atoms with Crippen molar-refractivity contribution in [2.75, 3.05) is 39.5 Å². The highest BCUT2D eigenvalue weighted by Gasteiger charge is 2.12. The Kier molecular flexibility index (Phi) is 17.0. The van der Waals surface area contributed by atoms with Gasteiger partial charge in [0.15, 0.2) is 5.96 Å². The van der Waals surface area contributed by atoms with Gasteiger partial charge in [0.25, 0.3) is 0 Å². The first kappa shape index (κ1) is 28.9. The van der Waals surface area contributed by atoms with Crippen molar-refractivity contribution in [3.05, 3.63) is 29.3 Å². The lowest BCUT2D eigenvalue weighted by Crippen LogP contribution is -2.40. The standard InChI is InChI=1S/C23H41N3O3.HI/c1-6-24-23(25-16-20(10-11-27)14-18(3)4)26-17-21-9-8-19(5)15-22(21)29-13-12-28-7-2;/h8-9,15,18,20,27H,6-7,10-14,16-17H2,1-5H3,(H2,24,25,26);1H. The van der Waals surface area contributed by atoms with Gasteiger partial charge in [-0.1, -0.05) is 26.0 Å². The highest BCUT2D eigenvalue weighted by molar-refractivity contribution is 14.0. The summed E-state index contributed by atoms with van der Waals surface area (Å²) in [5.74, 6) is 2.69. The number of aliphatic hydroxyl groups is 1. The van der Waals surface area contributed by atoms with Gasteiger partial charge in [0.2, 0.25) is 0 Å². The molecule has 0 spiro atoms. The van der Waals surface area contributed by atoms with E-state index in [4.69, 9.17) is 14.5 Å². The van der Waals surface area contributed by atoms with E-state index in [2.05, 4.69) is 56.5 Å². The molecule has 0 aliphatic rings. The summed E-state index contributed by atoms with van der Waals surface area (Å²) in [6.45, 7) is 14.7. The maximum atomic E-state index is 9.33. The van der Waals surface area contributed by atoms with Gasteiger partial charge >= 0.3 is 0 Å². The smallest absolute Gasteiger partial charge is 0.191 e. The molecular weight excluding hydrogens is 493 g/mol. The lowest BCUT2D eigenvalue weighted by Gasteiger charge is -2.20. The lowest BCUT2D eigenvalue weighted by atomic mass is 9.94. The van der Waals surface area contributed by atoms with Crippen molar-refractivity contribution < 1.29 is 14.6 Å². The SMILES string of the molecule is CCNC(=NCc1ccc(C)cc1OCCOCC)NCC(CCO)CC(C)C.I. The Morgan fingerprint density at radius 1 is 1.17 bits per heavy atom. The fourth-order valence-electron chi connectivity index (χ4n) is 3.18. The molecule has 6 nitrogen and oxygen atoms in total. The largest absolute Gasteiger partial charge is 0.491 e. The summed E-state index contributed by atoms with van der Waals surface area (Å²) in [4.78, 5) is 4.75. The third-order valence-corrected chi connectivity index (χ3v) is 4.56. The molecule has 1 unspecified atom stereocenters. The predicted molar refractivity (Wildman–Crippen MR) is 136 cm³/mol. The zero-order valence-corrected chi connectivity index (χ0v) is 21.7. The normalized spacial score (nSPS) is 12.4. The van der Waals surface area contributed by atoms with Gasteiger partial charge in [0.05, 0.1) is 13.2 Å². The molecule has 174 valence electrons. The van der Waals surface area contributed by atoms with E-state index in [1.54, 1.807) is 0 Å². The monoisotopic (exact) mass is 535 g/mol. The van der Waals surface area contributed by atoms with Gasteiger partial charge in [-0.05, 0) is 57.1 Å². The van der Waals surface area contributed by atoms with Crippen molar-refractivity contribution in [1.82, 2.24) is 10.6 Å². The van der Waals surface area contributed by atoms with Gasteiger partial charge < -0.3 is 25.2 Å². The lowest BCUT2D eigenvalue weighted by molar-refractivity contribution is 0.110. The van der Waals surface area contributed by atoms with Gasteiger partial charge in [-0.25, -0.2) is 4.99 Å². The van der Waals surface area contributed by atoms with E-state index in [1.165, 1.54) is 0 Å². The summed E-state index contributed by atoms with van der Waals surface area (Å²) >= 11 is 0. The molecule has 7 heteroatoms. The number of hydrogen-bond acceptors (Lipinski definition) is 4. The first-order chi connectivity index (χ1) is 14.0. The fourth-order valence-corrected chi connectivity index (χ4v) is 3.18. The Morgan fingerprint density at radius 2 is 1.93 bits per heavy atom. The topological polar surface area (TPSA) is 75.1 Å². The number of hydrogen-bond donors (Lipinski definition) is 3. The van der Waals surface area contributed by atoms with Crippen molar-refractivity contribution in [1.29, 1.82) is 0 Å². The van der Waals surface area contributed by atoms with Gasteiger partial charge in [-0.3, -0.25) is 0 Å². The number of aryl methyl sites for hydroxylation is 1. The first-order valence-corrected chi connectivity index (χ1v) is 10.9. The van der Waals surface area contributed by atoms with Crippen LogP contribution in [0, 0.1) is 18.8 Å². The fraction of sp³-hybridized carbons (Fsp3) is 0.696. The summed E-state index contributed by atoms with van der Waals surface area (Å²) in [6, 6.07) is 6.21. The Hall–Kier alpha value is -1.06. The summed E-state index contributed by atoms with van der Waals surface area (Å²) in [7, 11) is 0. The number of halogens is 1. The van der Waals surface area contributed by atoms with Crippen molar-refractivity contribution in [3.8, 4) is 5.75 Å². The van der Waals surface area contributed by atoms with Crippen LogP contribution in [-0.2, 0) is 11.3 Å². The zero-order chi connectivity index (χ0) is 21.5. The second kappa shape index (κ2) is 17.6. The maximum absolute atomic E-state index is 9.33. The molecule has 1 atom stereocenters. The van der Waals surface area contributed by atoms with Gasteiger partial charge in [-0.15, -0.1) is 24.0 Å². The van der Waals surface area contributed by atoms with Crippen LogP contribution in [0.1, 0.15) is 51.7 Å². The number of aliphatic hydroxyl groups excluding tert-OH is 1. The van der Waals surface area contributed by atoms with Gasteiger partial charge in [-0.2, -0.15) is 0 Å². The zero-order valence-electron chi connectivity index (χ0n) is 19.4. The number of benzene rings is 1. The molecule has 0 amide bonds. The molecule has 0 radical (unpaired) electrons. The van der Waals surface area contributed by atoms with Gasteiger partial charge in [0, 0.05) is 31.9 Å². The second-order valence-corrected chi connectivity index (χ2v) is 7.74. The second-order valence-electron chi connectivity index (χ2n) is 7.74. The van der Waals surface area contributed by atoms with Crippen LogP contribution in [0.5, 0.6) is 5.75 Å². The van der Waals surface area contributed by atoms with Crippen LogP contribution in [0.25, 0.3) is 0 Å². The van der Waals surface area contributed by atoms with Crippen LogP contribution in [-0.4, -0.2) is 50.6 Å². The van der Waals surface area contributed by atoms with Crippen LogP contribution < -0.4 is 15.4 Å². The van der Waals surface area contributed by atoms with Crippen LogP contribution in [0.3, 0.4) is 0 Å². The molecule has 1 aromatic rings. The highest BCUT2D eigenvalue weighted by atomic mass is 127. The van der Waals surface area contributed by atoms with E-state index in [9.17, 15) is 5.11 Å². The molecule has 0 aliphatic carbocycles. The molecule has 0 saturated carbocycles. The average molecular weight is 536 g/mol. The first-order valence-electron chi connectivity index (χ1n) is 10.9. The van der Waals surface area contributed by atoms with E-state index >= 15 is 0 Å². The number of rotatable bonds is 14. The van der Waals surface area contributed by atoms with E-state index < -0.39 is 0 Å². The summed E-state index contributed by atoms with van der Waals surface area (Å²) in [5, 5.41) is 16.1. The van der Waals surface area contributed by atoms with Gasteiger partial charge in [0.1, 0.15) is 12.4 Å². The minimum absolute atomic E-state index is 0. The van der Waals surface area contributed by atoms with Crippen LogP contribution in [0.2, 0.25) is 0 Å². The molecule has 0 aliphatic heterocycles. The van der Waals surface area contributed by atoms with E-state index in [-0.39, 0.29) is 30.6 Å². The number of nitrogens with zero attached hydrogens (tertiary/aromatic N) is 1. The van der Waals surface area contributed by atoms with Crippen LogP contribution in [0.15, 0.2) is 23.2 Å². The van der Waals surface area contributed by atoms with Crippen molar-refractivity contribution in [2.24, 2.45) is 16.8 Å². The summed E-state index contributed by atoms with van der Waals surface area (Å²) in [5.41, 5.74) is 2.22. The number of guanidine groups is 1. The molecule has 30 heavy (non-hydrogen) atoms. The molecule has 0 fully saturated rings. The Bertz CT molecular complexity index is 597. The van der Waals surface area contributed by atoms with Crippen LogP contribution >= 0.6 is 24.0 Å². The van der Waals surface area contributed by atoms with Crippen molar-refractivity contribution in [3.63, 3.8) is 0 Å². The molecule has 3 N–H and O–H groups in total. The molecule has 1 aromatic carbocycles. The molecule has 0 bridgehead atoms. The molecule has 0 aromatic heterocycles. The molecule has 1 rings (SSSR count). The third-order valence-electron chi connectivity index (χ3n) is 4.56. The van der Waals surface area contributed by atoms with E-state index in [1.807, 2.05) is 6.92 Å². The third kappa shape index (κ3) is 12.6. The molecule has 0 saturated heterocycles. The number of ether oxygens (including phenoxy) is 2. The van der Waals surface area contributed by atoms with Crippen molar-refractivity contribution >= 4 is 29.9 Å². The quantitative estimate of drug-likeness (QED) is 0.145. The minimum atomic E-state index is 0. The number of aliphatic imine (C=N–C) groups is 1. The average Bonchev–Trinajstić information content (AvgIpc) is 2.68. The molecular formula is C23H42IN3O3. The minimum Gasteiger partial charge on any atom is -0.491 e. The van der Waals surface area contributed by atoms with Crippen LogP contribution in [0.4, 0.5) is 0 Å². The maximum Gasteiger partial charge on any atom is 0.191 e. The van der Waals surface area contributed by atoms with E-state index in [0.717, 1.165) is 48.8 Å². The number of nitrogens with one attached hydrogen (secondary N) is 2. The highest BCUT2D eigenvalue weighted by Crippen LogP contribution is 2.21. The summed E-state index contributed by atoms with van der Waals surface area (Å²) in [6.07, 6.45) is 1.89. The molecule has 0 heterocycles. The predicted octanol–water partition coefficient (Wildman–Crippen LogP) is 4.13. The summed E-state index contributed by atoms with van der Waals surface area (Å²) < 4.78 is 11.3. The Balaban J connectivity index is 0.00000841. The Morgan fingerprint density at radius 3 is 2.57 bits per heavy atom. The van der Waals surface area contributed by atoms with Crippen molar-refractivity contribution in [2.45, 2.75) is 54.0 Å². The Labute approximate surface area is 200 Å². The van der Waals surface area contributed by atoms with E-state index in [0.29, 0.717) is 38.2 Å².